The number of aromatic nitrogens is 1. The number of ether oxygens (including phenoxy) is 1. The van der Waals surface area contributed by atoms with E-state index in [1.165, 1.54) is 17.9 Å². The predicted molar refractivity (Wildman–Crippen MR) is 66.9 cm³/mol. The van der Waals surface area contributed by atoms with E-state index in [0.717, 1.165) is 12.2 Å². The van der Waals surface area contributed by atoms with E-state index in [-0.39, 0.29) is 0 Å². The van der Waals surface area contributed by atoms with Crippen molar-refractivity contribution in [3.05, 3.63) is 18.3 Å². The van der Waals surface area contributed by atoms with E-state index in [2.05, 4.69) is 17.2 Å². The van der Waals surface area contributed by atoms with Gasteiger partial charge >= 0.3 is 0 Å². The van der Waals surface area contributed by atoms with Crippen LogP contribution in [0.3, 0.4) is 0 Å². The molecule has 1 rings (SSSR count). The van der Waals surface area contributed by atoms with Crippen molar-refractivity contribution >= 4 is 17.4 Å². The Labute approximate surface area is 95.6 Å². The molecule has 0 aliphatic heterocycles. The summed E-state index contributed by atoms with van der Waals surface area (Å²) < 4.78 is 4.98. The van der Waals surface area contributed by atoms with Crippen molar-refractivity contribution in [3.8, 4) is 5.88 Å². The Hall–Kier alpha value is -0.900. The van der Waals surface area contributed by atoms with Crippen molar-refractivity contribution in [1.82, 2.24) is 4.98 Å². The molecule has 0 atom stereocenters. The summed E-state index contributed by atoms with van der Waals surface area (Å²) in [6.07, 6.45) is 2.98. The molecule has 0 saturated carbocycles. The lowest BCUT2D eigenvalue weighted by Crippen LogP contribution is -2.03. The fraction of sp³-hybridized carbons (Fsp3) is 0.545. The van der Waals surface area contributed by atoms with Crippen LogP contribution in [-0.2, 0) is 0 Å². The summed E-state index contributed by atoms with van der Waals surface area (Å²) in [5.74, 6) is 3.07. The van der Waals surface area contributed by atoms with Crippen LogP contribution in [0.2, 0.25) is 0 Å². The molecule has 0 spiro atoms. The maximum atomic E-state index is 4.98. The molecular weight excluding hydrogens is 208 g/mol. The summed E-state index contributed by atoms with van der Waals surface area (Å²) in [4.78, 5) is 4.12. The van der Waals surface area contributed by atoms with Gasteiger partial charge in [0.15, 0.2) is 0 Å². The van der Waals surface area contributed by atoms with E-state index >= 15 is 0 Å². The smallest absolute Gasteiger partial charge is 0.213 e. The third-order valence-electron chi connectivity index (χ3n) is 1.94. The van der Waals surface area contributed by atoms with Gasteiger partial charge in [-0.25, -0.2) is 4.98 Å². The minimum absolute atomic E-state index is 0.655. The number of hydrogen-bond donors (Lipinski definition) is 1. The first-order valence-corrected chi connectivity index (χ1v) is 6.34. The van der Waals surface area contributed by atoms with Crippen LogP contribution in [0.5, 0.6) is 5.88 Å². The SMILES string of the molecule is CCSCCCNc1ccc(OC)nc1. The molecule has 1 N–H and O–H groups in total. The summed E-state index contributed by atoms with van der Waals surface area (Å²) in [5, 5.41) is 3.32. The van der Waals surface area contributed by atoms with E-state index in [1.807, 2.05) is 23.9 Å². The molecule has 0 unspecified atom stereocenters. The predicted octanol–water partition coefficient (Wildman–Crippen LogP) is 2.65. The second kappa shape index (κ2) is 7.40. The first-order valence-electron chi connectivity index (χ1n) is 5.18. The first kappa shape index (κ1) is 12.2. The zero-order valence-electron chi connectivity index (χ0n) is 9.32. The highest BCUT2D eigenvalue weighted by Crippen LogP contribution is 2.11. The number of nitrogens with one attached hydrogen (secondary N) is 1. The van der Waals surface area contributed by atoms with E-state index in [0.29, 0.717) is 5.88 Å². The topological polar surface area (TPSA) is 34.1 Å². The standard InChI is InChI=1S/C11H18N2OS/c1-3-15-8-4-7-12-10-5-6-11(14-2)13-9-10/h5-6,9,12H,3-4,7-8H2,1-2H3. The number of hydrogen-bond acceptors (Lipinski definition) is 4. The van der Waals surface area contributed by atoms with Crippen LogP contribution in [0.15, 0.2) is 18.3 Å². The third kappa shape index (κ3) is 4.93. The molecule has 0 aliphatic rings. The fourth-order valence-electron chi connectivity index (χ4n) is 1.16. The van der Waals surface area contributed by atoms with Crippen LogP contribution < -0.4 is 10.1 Å². The first-order chi connectivity index (χ1) is 7.36. The number of rotatable bonds is 7. The lowest BCUT2D eigenvalue weighted by Gasteiger charge is -2.05. The molecule has 15 heavy (non-hydrogen) atoms. The van der Waals surface area contributed by atoms with Crippen molar-refractivity contribution in [2.24, 2.45) is 0 Å². The van der Waals surface area contributed by atoms with Gasteiger partial charge in [-0.15, -0.1) is 0 Å². The number of anilines is 1. The summed E-state index contributed by atoms with van der Waals surface area (Å²) in [6, 6.07) is 3.85. The van der Waals surface area contributed by atoms with Gasteiger partial charge in [0.2, 0.25) is 5.88 Å². The molecule has 1 aromatic rings. The van der Waals surface area contributed by atoms with Crippen molar-refractivity contribution in [1.29, 1.82) is 0 Å². The molecule has 0 saturated heterocycles. The van der Waals surface area contributed by atoms with E-state index in [4.69, 9.17) is 4.74 Å². The summed E-state index contributed by atoms with van der Waals surface area (Å²) in [6.45, 7) is 3.19. The maximum absolute atomic E-state index is 4.98. The van der Waals surface area contributed by atoms with Crippen molar-refractivity contribution in [2.75, 3.05) is 30.5 Å². The quantitative estimate of drug-likeness (QED) is 0.725. The third-order valence-corrected chi connectivity index (χ3v) is 2.93. The van der Waals surface area contributed by atoms with E-state index in [1.54, 1.807) is 13.3 Å². The Kier molecular flexibility index (Phi) is 6.00. The van der Waals surface area contributed by atoms with Gasteiger partial charge in [-0.3, -0.25) is 0 Å². The Morgan fingerprint density at radius 1 is 1.47 bits per heavy atom. The minimum atomic E-state index is 0.655. The van der Waals surface area contributed by atoms with E-state index < -0.39 is 0 Å². The monoisotopic (exact) mass is 226 g/mol. The molecule has 0 aromatic carbocycles. The molecule has 0 fully saturated rings. The Morgan fingerprint density at radius 2 is 2.33 bits per heavy atom. The van der Waals surface area contributed by atoms with Gasteiger partial charge in [0.25, 0.3) is 0 Å². The average molecular weight is 226 g/mol. The number of pyridine rings is 1. The summed E-state index contributed by atoms with van der Waals surface area (Å²) in [5.41, 5.74) is 1.05. The molecule has 0 bridgehead atoms. The lowest BCUT2D eigenvalue weighted by atomic mass is 10.4. The van der Waals surface area contributed by atoms with Crippen LogP contribution >= 0.6 is 11.8 Å². The number of thioether (sulfide) groups is 1. The fourth-order valence-corrected chi connectivity index (χ4v) is 1.79. The number of methoxy groups -OCH3 is 1. The molecule has 0 radical (unpaired) electrons. The Bertz CT molecular complexity index is 264. The van der Waals surface area contributed by atoms with Crippen LogP contribution in [0, 0.1) is 0 Å². The lowest BCUT2D eigenvalue weighted by molar-refractivity contribution is 0.398. The molecule has 0 amide bonds. The molecule has 4 heteroatoms. The molecular formula is C11H18N2OS. The highest BCUT2D eigenvalue weighted by Gasteiger charge is 1.94. The Morgan fingerprint density at radius 3 is 2.93 bits per heavy atom. The van der Waals surface area contributed by atoms with Crippen LogP contribution in [0.4, 0.5) is 5.69 Å². The largest absolute Gasteiger partial charge is 0.481 e. The summed E-state index contributed by atoms with van der Waals surface area (Å²) in [7, 11) is 1.62. The normalized spacial score (nSPS) is 10.0. The van der Waals surface area contributed by atoms with Crippen molar-refractivity contribution in [3.63, 3.8) is 0 Å². The molecule has 3 nitrogen and oxygen atoms in total. The minimum Gasteiger partial charge on any atom is -0.481 e. The van der Waals surface area contributed by atoms with Gasteiger partial charge in [-0.05, 0) is 24.0 Å². The molecule has 0 aliphatic carbocycles. The maximum Gasteiger partial charge on any atom is 0.213 e. The number of nitrogens with zero attached hydrogens (tertiary/aromatic N) is 1. The van der Waals surface area contributed by atoms with Crippen LogP contribution in [0.25, 0.3) is 0 Å². The Balaban J connectivity index is 2.20. The van der Waals surface area contributed by atoms with Gasteiger partial charge in [-0.2, -0.15) is 11.8 Å². The van der Waals surface area contributed by atoms with Crippen molar-refractivity contribution < 1.29 is 4.74 Å². The van der Waals surface area contributed by atoms with Gasteiger partial charge in [0, 0.05) is 12.6 Å². The molecule has 84 valence electrons. The van der Waals surface area contributed by atoms with Gasteiger partial charge in [0.05, 0.1) is 19.0 Å². The van der Waals surface area contributed by atoms with Gasteiger partial charge in [-0.1, -0.05) is 6.92 Å². The van der Waals surface area contributed by atoms with Crippen LogP contribution in [0.1, 0.15) is 13.3 Å². The highest BCUT2D eigenvalue weighted by molar-refractivity contribution is 7.99. The van der Waals surface area contributed by atoms with Crippen molar-refractivity contribution in [2.45, 2.75) is 13.3 Å². The summed E-state index contributed by atoms with van der Waals surface area (Å²) >= 11 is 1.97. The average Bonchev–Trinajstić information content (AvgIpc) is 2.30. The molecule has 1 aromatic heterocycles. The highest BCUT2D eigenvalue weighted by atomic mass is 32.2. The van der Waals surface area contributed by atoms with E-state index in [9.17, 15) is 0 Å². The van der Waals surface area contributed by atoms with Crippen LogP contribution in [-0.4, -0.2) is 30.1 Å². The zero-order valence-corrected chi connectivity index (χ0v) is 10.1. The second-order valence-corrected chi connectivity index (χ2v) is 4.46. The van der Waals surface area contributed by atoms with Gasteiger partial charge in [0.1, 0.15) is 0 Å². The van der Waals surface area contributed by atoms with Gasteiger partial charge < -0.3 is 10.1 Å². The second-order valence-electron chi connectivity index (χ2n) is 3.07. The zero-order chi connectivity index (χ0) is 10.9. The molecule has 1 heterocycles.